The monoisotopic (exact) mass is 245 g/mol. The van der Waals surface area contributed by atoms with E-state index in [4.69, 9.17) is 10.5 Å². The van der Waals surface area contributed by atoms with E-state index in [0.717, 1.165) is 16.8 Å². The molecule has 0 spiro atoms. The number of aryl methyl sites for hydroxylation is 2. The molecule has 0 aliphatic rings. The molecule has 6 heteroatoms. The summed E-state index contributed by atoms with van der Waals surface area (Å²) in [5, 5.41) is 3.11. The number of benzene rings is 1. The summed E-state index contributed by atoms with van der Waals surface area (Å²) in [4.78, 5) is 11.9. The van der Waals surface area contributed by atoms with E-state index in [1.54, 1.807) is 0 Å². The van der Waals surface area contributed by atoms with E-state index >= 15 is 0 Å². The predicted molar refractivity (Wildman–Crippen MR) is 70.0 cm³/mol. The molecule has 0 radical (unpaired) electrons. The van der Waals surface area contributed by atoms with Gasteiger partial charge in [-0.3, -0.25) is 0 Å². The van der Waals surface area contributed by atoms with Crippen molar-refractivity contribution >= 4 is 17.6 Å². The molecule has 2 rings (SSSR count). The number of nitrogens with one attached hydrogen (secondary N) is 1. The van der Waals surface area contributed by atoms with Crippen LogP contribution in [0.1, 0.15) is 11.1 Å². The van der Waals surface area contributed by atoms with Gasteiger partial charge in [0.2, 0.25) is 11.9 Å². The van der Waals surface area contributed by atoms with Crippen LogP contribution in [0.15, 0.2) is 18.2 Å². The van der Waals surface area contributed by atoms with Crippen molar-refractivity contribution in [3.63, 3.8) is 0 Å². The van der Waals surface area contributed by atoms with Gasteiger partial charge in [0.25, 0.3) is 0 Å². The van der Waals surface area contributed by atoms with Gasteiger partial charge in [0.1, 0.15) is 0 Å². The SMILES string of the molecule is COc1nc(N)nc(Nc2cc(C)ccc2C)n1. The number of nitrogens with zero attached hydrogens (tertiary/aromatic N) is 3. The zero-order valence-electron chi connectivity index (χ0n) is 10.6. The fourth-order valence-electron chi connectivity index (χ4n) is 1.51. The Hall–Kier alpha value is -2.37. The third-order valence-electron chi connectivity index (χ3n) is 2.45. The molecule has 0 unspecified atom stereocenters. The number of rotatable bonds is 3. The van der Waals surface area contributed by atoms with Crippen LogP contribution in [-0.2, 0) is 0 Å². The predicted octanol–water partition coefficient (Wildman–Crippen LogP) is 1.82. The Balaban J connectivity index is 2.33. The van der Waals surface area contributed by atoms with Gasteiger partial charge in [-0.05, 0) is 31.0 Å². The lowest BCUT2D eigenvalue weighted by molar-refractivity contribution is 0.380. The molecule has 18 heavy (non-hydrogen) atoms. The molecule has 0 aliphatic carbocycles. The Labute approximate surface area is 105 Å². The van der Waals surface area contributed by atoms with Crippen LogP contribution in [-0.4, -0.2) is 22.1 Å². The Morgan fingerprint density at radius 3 is 2.67 bits per heavy atom. The number of nitrogen functional groups attached to an aromatic ring is 1. The fourth-order valence-corrected chi connectivity index (χ4v) is 1.51. The van der Waals surface area contributed by atoms with Crippen LogP contribution in [0.5, 0.6) is 6.01 Å². The van der Waals surface area contributed by atoms with Crippen molar-refractivity contribution in [3.8, 4) is 6.01 Å². The van der Waals surface area contributed by atoms with Crippen LogP contribution in [0.3, 0.4) is 0 Å². The molecule has 0 saturated heterocycles. The molecule has 94 valence electrons. The summed E-state index contributed by atoms with van der Waals surface area (Å²) >= 11 is 0. The highest BCUT2D eigenvalue weighted by molar-refractivity contribution is 5.59. The second-order valence-corrected chi connectivity index (χ2v) is 3.95. The van der Waals surface area contributed by atoms with Gasteiger partial charge in [0.15, 0.2) is 0 Å². The molecule has 0 fully saturated rings. The number of aromatic nitrogens is 3. The topological polar surface area (TPSA) is 86.0 Å². The molecule has 0 atom stereocenters. The van der Waals surface area contributed by atoms with Crippen molar-refractivity contribution in [2.45, 2.75) is 13.8 Å². The first-order valence-electron chi connectivity index (χ1n) is 5.48. The van der Waals surface area contributed by atoms with Gasteiger partial charge in [0.05, 0.1) is 7.11 Å². The van der Waals surface area contributed by atoms with Crippen molar-refractivity contribution in [1.29, 1.82) is 0 Å². The molecule has 1 aromatic carbocycles. The van der Waals surface area contributed by atoms with Crippen LogP contribution >= 0.6 is 0 Å². The third-order valence-corrected chi connectivity index (χ3v) is 2.45. The third kappa shape index (κ3) is 2.65. The van der Waals surface area contributed by atoms with Gasteiger partial charge in [-0.15, -0.1) is 0 Å². The summed E-state index contributed by atoms with van der Waals surface area (Å²) in [5.41, 5.74) is 8.75. The zero-order chi connectivity index (χ0) is 13.1. The minimum atomic E-state index is 0.120. The summed E-state index contributed by atoms with van der Waals surface area (Å²) in [6.45, 7) is 4.02. The molecular formula is C12H15N5O. The number of nitrogens with two attached hydrogens (primary N) is 1. The van der Waals surface area contributed by atoms with E-state index in [2.05, 4.69) is 20.3 Å². The van der Waals surface area contributed by atoms with Crippen LogP contribution in [0, 0.1) is 13.8 Å². The van der Waals surface area contributed by atoms with Gasteiger partial charge >= 0.3 is 6.01 Å². The average Bonchev–Trinajstić information content (AvgIpc) is 2.33. The average molecular weight is 245 g/mol. The van der Waals surface area contributed by atoms with Crippen LogP contribution in [0.4, 0.5) is 17.6 Å². The van der Waals surface area contributed by atoms with Crippen molar-refractivity contribution in [1.82, 2.24) is 15.0 Å². The van der Waals surface area contributed by atoms with Gasteiger partial charge in [0, 0.05) is 5.69 Å². The minimum Gasteiger partial charge on any atom is -0.467 e. The van der Waals surface area contributed by atoms with E-state index in [0.29, 0.717) is 5.95 Å². The molecular weight excluding hydrogens is 230 g/mol. The molecule has 0 bridgehead atoms. The molecule has 6 nitrogen and oxygen atoms in total. The molecule has 2 aromatic rings. The van der Waals surface area contributed by atoms with E-state index in [1.165, 1.54) is 7.11 Å². The first-order chi connectivity index (χ1) is 8.58. The highest BCUT2D eigenvalue weighted by atomic mass is 16.5. The Morgan fingerprint density at radius 1 is 1.17 bits per heavy atom. The van der Waals surface area contributed by atoms with Gasteiger partial charge in [-0.1, -0.05) is 12.1 Å². The van der Waals surface area contributed by atoms with Crippen LogP contribution in [0.25, 0.3) is 0 Å². The van der Waals surface area contributed by atoms with Gasteiger partial charge in [-0.2, -0.15) is 15.0 Å². The maximum absolute atomic E-state index is 5.57. The number of methoxy groups -OCH3 is 1. The van der Waals surface area contributed by atoms with Gasteiger partial charge < -0.3 is 15.8 Å². The van der Waals surface area contributed by atoms with Gasteiger partial charge in [-0.25, -0.2) is 0 Å². The Morgan fingerprint density at radius 2 is 1.94 bits per heavy atom. The number of ether oxygens (including phenoxy) is 1. The standard InChI is InChI=1S/C12H15N5O/c1-7-4-5-8(2)9(6-7)14-11-15-10(13)16-12(17-11)18-3/h4-6H,1-3H3,(H3,13,14,15,16,17). The molecule has 3 N–H and O–H groups in total. The highest BCUT2D eigenvalue weighted by Crippen LogP contribution is 2.20. The zero-order valence-corrected chi connectivity index (χ0v) is 10.6. The molecule has 0 saturated carbocycles. The highest BCUT2D eigenvalue weighted by Gasteiger charge is 2.06. The van der Waals surface area contributed by atoms with E-state index in [1.807, 2.05) is 32.0 Å². The van der Waals surface area contributed by atoms with Crippen LogP contribution < -0.4 is 15.8 Å². The fraction of sp³-hybridized carbons (Fsp3) is 0.250. The Kier molecular flexibility index (Phi) is 3.27. The summed E-state index contributed by atoms with van der Waals surface area (Å²) in [7, 11) is 1.48. The first kappa shape index (κ1) is 12.1. The van der Waals surface area contributed by atoms with E-state index < -0.39 is 0 Å². The maximum atomic E-state index is 5.57. The van der Waals surface area contributed by atoms with Crippen LogP contribution in [0.2, 0.25) is 0 Å². The molecule has 1 heterocycles. The molecule has 0 amide bonds. The van der Waals surface area contributed by atoms with E-state index in [9.17, 15) is 0 Å². The van der Waals surface area contributed by atoms with E-state index in [-0.39, 0.29) is 12.0 Å². The van der Waals surface area contributed by atoms with Crippen molar-refractivity contribution in [2.75, 3.05) is 18.2 Å². The summed E-state index contributed by atoms with van der Waals surface area (Å²) in [6, 6.07) is 6.28. The molecule has 1 aromatic heterocycles. The summed E-state index contributed by atoms with van der Waals surface area (Å²) in [6.07, 6.45) is 0. The lowest BCUT2D eigenvalue weighted by atomic mass is 10.1. The second kappa shape index (κ2) is 4.87. The largest absolute Gasteiger partial charge is 0.467 e. The second-order valence-electron chi connectivity index (χ2n) is 3.95. The number of anilines is 3. The quantitative estimate of drug-likeness (QED) is 0.857. The maximum Gasteiger partial charge on any atom is 0.322 e. The lowest BCUT2D eigenvalue weighted by Crippen LogP contribution is -2.05. The first-order valence-corrected chi connectivity index (χ1v) is 5.48. The van der Waals surface area contributed by atoms with Crippen molar-refractivity contribution in [2.24, 2.45) is 0 Å². The normalized spacial score (nSPS) is 10.2. The smallest absolute Gasteiger partial charge is 0.322 e. The summed E-state index contributed by atoms with van der Waals surface area (Å²) in [5.74, 6) is 0.489. The minimum absolute atomic E-state index is 0.120. The number of hydrogen-bond acceptors (Lipinski definition) is 6. The van der Waals surface area contributed by atoms with Crippen molar-refractivity contribution in [3.05, 3.63) is 29.3 Å². The number of hydrogen-bond donors (Lipinski definition) is 2. The molecule has 0 aliphatic heterocycles. The summed E-state index contributed by atoms with van der Waals surface area (Å²) < 4.78 is 4.95. The Bertz CT molecular complexity index is 570. The van der Waals surface area contributed by atoms with Crippen molar-refractivity contribution < 1.29 is 4.74 Å². The lowest BCUT2D eigenvalue weighted by Gasteiger charge is -2.09.